The molecule has 8 heteroatoms. The number of halogens is 3. The van der Waals surface area contributed by atoms with E-state index in [9.17, 15) is 9.50 Å². The molecule has 0 amide bonds. The molecule has 1 aliphatic heterocycles. The van der Waals surface area contributed by atoms with E-state index in [0.717, 1.165) is 63.5 Å². The highest BCUT2D eigenvalue weighted by molar-refractivity contribution is 14.0. The Bertz CT molecular complexity index is 652. The number of hydrogen-bond donors (Lipinski definition) is 3. The molecule has 0 atom stereocenters. The quantitative estimate of drug-likeness (QED) is 0.203. The number of rotatable bonds is 8. The number of nitrogens with one attached hydrogen (secondary N) is 2. The first kappa shape index (κ1) is 26.4. The predicted octanol–water partition coefficient (Wildman–Crippen LogP) is 3.78. The molecular weight excluding hydrogens is 506 g/mol. The summed E-state index contributed by atoms with van der Waals surface area (Å²) in [6, 6.07) is 4.53. The maximum atomic E-state index is 13.3. The monoisotopic (exact) mass is 540 g/mol. The van der Waals surface area contributed by atoms with Crippen molar-refractivity contribution in [3.63, 3.8) is 0 Å². The molecule has 1 saturated heterocycles. The first-order valence-electron chi connectivity index (χ1n) is 10.2. The molecule has 5 nitrogen and oxygen atoms in total. The summed E-state index contributed by atoms with van der Waals surface area (Å²) in [5.74, 6) is 0.453. The molecule has 1 fully saturated rings. The molecule has 1 aliphatic rings. The van der Waals surface area contributed by atoms with Crippen LogP contribution >= 0.6 is 35.6 Å². The average molecular weight is 541 g/mol. The van der Waals surface area contributed by atoms with Gasteiger partial charge in [0.15, 0.2) is 5.96 Å². The zero-order valence-electron chi connectivity index (χ0n) is 17.7. The number of aliphatic imine (C=N–C) groups is 1. The Balaban J connectivity index is 0.00000420. The molecule has 0 aromatic heterocycles. The maximum Gasteiger partial charge on any atom is 0.191 e. The Labute approximate surface area is 196 Å². The zero-order valence-corrected chi connectivity index (χ0v) is 20.8. The molecule has 3 N–H and O–H groups in total. The van der Waals surface area contributed by atoms with Crippen LogP contribution in [0.3, 0.4) is 0 Å². The van der Waals surface area contributed by atoms with Crippen LogP contribution in [0.4, 0.5) is 4.39 Å². The lowest BCUT2D eigenvalue weighted by Gasteiger charge is -2.29. The smallest absolute Gasteiger partial charge is 0.191 e. The minimum Gasteiger partial charge on any atom is -0.393 e. The van der Waals surface area contributed by atoms with E-state index in [1.807, 2.05) is 6.92 Å². The SMILES string of the molecule is CCNC(=NCC(C)(C)c1ccc(F)cc1Cl)NCCCN1CCC(O)CC1.I. The molecule has 29 heavy (non-hydrogen) atoms. The molecule has 0 unspecified atom stereocenters. The number of benzene rings is 1. The minimum absolute atomic E-state index is 0. The van der Waals surface area contributed by atoms with E-state index in [4.69, 9.17) is 16.6 Å². The van der Waals surface area contributed by atoms with Crippen LogP contribution in [0.5, 0.6) is 0 Å². The van der Waals surface area contributed by atoms with E-state index in [0.29, 0.717) is 11.6 Å². The summed E-state index contributed by atoms with van der Waals surface area (Å²) in [7, 11) is 0. The topological polar surface area (TPSA) is 59.9 Å². The molecule has 166 valence electrons. The number of aliphatic hydroxyl groups is 1. The van der Waals surface area contributed by atoms with Gasteiger partial charge in [-0.3, -0.25) is 4.99 Å². The van der Waals surface area contributed by atoms with Crippen LogP contribution in [0.2, 0.25) is 5.02 Å². The van der Waals surface area contributed by atoms with Gasteiger partial charge in [-0.25, -0.2) is 4.39 Å². The Morgan fingerprint density at radius 1 is 1.31 bits per heavy atom. The number of guanidine groups is 1. The van der Waals surface area contributed by atoms with Crippen molar-refractivity contribution in [2.24, 2.45) is 4.99 Å². The van der Waals surface area contributed by atoms with Crippen LogP contribution in [-0.2, 0) is 5.41 Å². The molecule has 0 bridgehead atoms. The van der Waals surface area contributed by atoms with E-state index >= 15 is 0 Å². The van der Waals surface area contributed by atoms with Crippen LogP contribution in [-0.4, -0.2) is 61.3 Å². The standard InChI is InChI=1S/C21H34ClFN4O.HI/c1-4-24-20(25-10-5-11-27-12-8-17(28)9-13-27)26-15-21(2,3)18-7-6-16(23)14-19(18)22;/h6-7,14,17,28H,4-5,8-13,15H2,1-3H3,(H2,24,25,26);1H. The van der Waals surface area contributed by atoms with Gasteiger partial charge in [-0.15, -0.1) is 24.0 Å². The number of aliphatic hydroxyl groups excluding tert-OH is 1. The fourth-order valence-corrected chi connectivity index (χ4v) is 3.82. The third kappa shape index (κ3) is 8.94. The predicted molar refractivity (Wildman–Crippen MR) is 130 cm³/mol. The van der Waals surface area contributed by atoms with E-state index < -0.39 is 0 Å². The average Bonchev–Trinajstić information content (AvgIpc) is 2.64. The van der Waals surface area contributed by atoms with Gasteiger partial charge in [0.2, 0.25) is 0 Å². The molecule has 0 aliphatic carbocycles. The zero-order chi connectivity index (χ0) is 20.6. The van der Waals surface area contributed by atoms with Gasteiger partial charge in [-0.2, -0.15) is 0 Å². The van der Waals surface area contributed by atoms with E-state index in [2.05, 4.69) is 29.4 Å². The molecule has 0 radical (unpaired) electrons. The summed E-state index contributed by atoms with van der Waals surface area (Å²) < 4.78 is 13.3. The molecule has 2 rings (SSSR count). The summed E-state index contributed by atoms with van der Waals surface area (Å²) in [5.41, 5.74) is 0.587. The van der Waals surface area contributed by atoms with Gasteiger partial charge in [-0.05, 0) is 50.4 Å². The lowest BCUT2D eigenvalue weighted by atomic mass is 9.84. The van der Waals surface area contributed by atoms with Crippen molar-refractivity contribution in [1.82, 2.24) is 15.5 Å². The second kappa shape index (κ2) is 12.9. The van der Waals surface area contributed by atoms with E-state index in [1.54, 1.807) is 6.07 Å². The summed E-state index contributed by atoms with van der Waals surface area (Å²) in [5, 5.41) is 16.7. The van der Waals surface area contributed by atoms with Crippen molar-refractivity contribution in [3.05, 3.63) is 34.6 Å². The van der Waals surface area contributed by atoms with Crippen LogP contribution in [0.15, 0.2) is 23.2 Å². The molecule has 1 heterocycles. The van der Waals surface area contributed by atoms with Gasteiger partial charge >= 0.3 is 0 Å². The Morgan fingerprint density at radius 2 is 2.00 bits per heavy atom. The highest BCUT2D eigenvalue weighted by Crippen LogP contribution is 2.30. The van der Waals surface area contributed by atoms with Crippen molar-refractivity contribution < 1.29 is 9.50 Å². The molecule has 0 saturated carbocycles. The molecule has 0 spiro atoms. The number of piperidine rings is 1. The fourth-order valence-electron chi connectivity index (χ4n) is 3.39. The van der Waals surface area contributed by atoms with Gasteiger partial charge in [0, 0.05) is 36.6 Å². The maximum absolute atomic E-state index is 13.3. The van der Waals surface area contributed by atoms with Gasteiger partial charge in [0.05, 0.1) is 12.6 Å². The number of nitrogens with zero attached hydrogens (tertiary/aromatic N) is 2. The second-order valence-electron chi connectivity index (χ2n) is 8.06. The van der Waals surface area contributed by atoms with Crippen LogP contribution in [0.25, 0.3) is 0 Å². The normalized spacial score (nSPS) is 16.4. The van der Waals surface area contributed by atoms with Crippen LogP contribution in [0, 0.1) is 5.82 Å². The van der Waals surface area contributed by atoms with Gasteiger partial charge in [-0.1, -0.05) is 31.5 Å². The van der Waals surface area contributed by atoms with Crippen molar-refractivity contribution in [3.8, 4) is 0 Å². The van der Waals surface area contributed by atoms with Crippen molar-refractivity contribution in [1.29, 1.82) is 0 Å². The second-order valence-corrected chi connectivity index (χ2v) is 8.46. The number of likely N-dealkylation sites (tertiary alicyclic amines) is 1. The van der Waals surface area contributed by atoms with Crippen molar-refractivity contribution in [2.45, 2.75) is 51.6 Å². The first-order chi connectivity index (χ1) is 13.3. The van der Waals surface area contributed by atoms with Crippen LogP contribution < -0.4 is 10.6 Å². The highest BCUT2D eigenvalue weighted by atomic mass is 127. The van der Waals surface area contributed by atoms with Gasteiger partial charge < -0.3 is 20.6 Å². The van der Waals surface area contributed by atoms with Gasteiger partial charge in [0.25, 0.3) is 0 Å². The summed E-state index contributed by atoms with van der Waals surface area (Å²) in [4.78, 5) is 7.12. The molecule has 1 aromatic rings. The summed E-state index contributed by atoms with van der Waals surface area (Å²) in [6.07, 6.45) is 2.64. The van der Waals surface area contributed by atoms with E-state index in [1.165, 1.54) is 12.1 Å². The highest BCUT2D eigenvalue weighted by Gasteiger charge is 2.23. The largest absolute Gasteiger partial charge is 0.393 e. The lowest BCUT2D eigenvalue weighted by molar-refractivity contribution is 0.0823. The third-order valence-corrected chi connectivity index (χ3v) is 5.45. The van der Waals surface area contributed by atoms with Gasteiger partial charge in [0.1, 0.15) is 5.82 Å². The van der Waals surface area contributed by atoms with Crippen molar-refractivity contribution in [2.75, 3.05) is 39.3 Å². The minimum atomic E-state index is -0.328. The number of hydrogen-bond acceptors (Lipinski definition) is 3. The van der Waals surface area contributed by atoms with E-state index in [-0.39, 0.29) is 41.3 Å². The Hall–Kier alpha value is -0.640. The molecular formula is C21H35ClFIN4O. The molecule has 1 aromatic carbocycles. The Kier molecular flexibility index (Phi) is 11.8. The fraction of sp³-hybridized carbons (Fsp3) is 0.667. The first-order valence-corrected chi connectivity index (χ1v) is 10.6. The van der Waals surface area contributed by atoms with Crippen LogP contribution in [0.1, 0.15) is 45.6 Å². The third-order valence-electron chi connectivity index (χ3n) is 5.14. The Morgan fingerprint density at radius 3 is 2.62 bits per heavy atom. The summed E-state index contributed by atoms with van der Waals surface area (Å²) in [6.45, 7) is 11.3. The summed E-state index contributed by atoms with van der Waals surface area (Å²) >= 11 is 6.24. The van der Waals surface area contributed by atoms with Crippen molar-refractivity contribution >= 4 is 41.5 Å². The lowest BCUT2D eigenvalue weighted by Crippen LogP contribution is -2.41.